The predicted molar refractivity (Wildman–Crippen MR) is 73.7 cm³/mol. The van der Waals surface area contributed by atoms with Crippen LogP contribution in [0.4, 0.5) is 13.2 Å². The molecule has 0 spiro atoms. The quantitative estimate of drug-likeness (QED) is 0.876. The van der Waals surface area contributed by atoms with Crippen LogP contribution >= 0.6 is 0 Å². The van der Waals surface area contributed by atoms with Crippen molar-refractivity contribution in [3.05, 3.63) is 41.9 Å². The summed E-state index contributed by atoms with van der Waals surface area (Å²) in [4.78, 5) is 4.42. The summed E-state index contributed by atoms with van der Waals surface area (Å²) in [6, 6.07) is 5.55. The van der Waals surface area contributed by atoms with Crippen LogP contribution in [0.15, 0.2) is 30.5 Å². The molecule has 21 heavy (non-hydrogen) atoms. The summed E-state index contributed by atoms with van der Waals surface area (Å²) in [6.45, 7) is 2.60. The van der Waals surface area contributed by atoms with E-state index in [0.717, 1.165) is 18.3 Å². The SMILES string of the molecule is CC1CC(N)Cn2cc(-c3ccccc3C(F)(F)F)nc21. The summed E-state index contributed by atoms with van der Waals surface area (Å²) >= 11 is 0. The molecule has 0 bridgehead atoms. The molecule has 112 valence electrons. The fourth-order valence-corrected chi connectivity index (χ4v) is 2.94. The molecular weight excluding hydrogens is 279 g/mol. The van der Waals surface area contributed by atoms with Crippen molar-refractivity contribution >= 4 is 0 Å². The average molecular weight is 295 g/mol. The van der Waals surface area contributed by atoms with Gasteiger partial charge in [0.1, 0.15) is 5.82 Å². The molecule has 0 aliphatic carbocycles. The van der Waals surface area contributed by atoms with Crippen molar-refractivity contribution in [1.29, 1.82) is 0 Å². The molecule has 2 N–H and O–H groups in total. The van der Waals surface area contributed by atoms with Gasteiger partial charge in [-0.3, -0.25) is 0 Å². The van der Waals surface area contributed by atoms with E-state index >= 15 is 0 Å². The number of hydrogen-bond donors (Lipinski definition) is 1. The van der Waals surface area contributed by atoms with E-state index in [-0.39, 0.29) is 17.5 Å². The van der Waals surface area contributed by atoms with E-state index in [2.05, 4.69) is 4.98 Å². The number of nitrogens with two attached hydrogens (primary N) is 1. The minimum absolute atomic E-state index is 0.0207. The topological polar surface area (TPSA) is 43.8 Å². The second-order valence-electron chi connectivity index (χ2n) is 5.58. The molecule has 3 nitrogen and oxygen atoms in total. The predicted octanol–water partition coefficient (Wildman–Crippen LogP) is 3.40. The summed E-state index contributed by atoms with van der Waals surface area (Å²) in [7, 11) is 0. The van der Waals surface area contributed by atoms with Gasteiger partial charge in [-0.05, 0) is 12.5 Å². The Labute approximate surface area is 120 Å². The second-order valence-corrected chi connectivity index (χ2v) is 5.58. The molecule has 0 radical (unpaired) electrons. The lowest BCUT2D eigenvalue weighted by Crippen LogP contribution is -2.33. The summed E-state index contributed by atoms with van der Waals surface area (Å²) in [5.41, 5.74) is 5.78. The molecule has 3 rings (SSSR count). The zero-order chi connectivity index (χ0) is 15.2. The Morgan fingerprint density at radius 2 is 2.00 bits per heavy atom. The minimum Gasteiger partial charge on any atom is -0.332 e. The first kappa shape index (κ1) is 14.1. The van der Waals surface area contributed by atoms with E-state index in [1.807, 2.05) is 11.5 Å². The second kappa shape index (κ2) is 4.87. The van der Waals surface area contributed by atoms with Crippen LogP contribution < -0.4 is 5.73 Å². The molecule has 6 heteroatoms. The normalized spacial score (nSPS) is 22.1. The zero-order valence-corrected chi connectivity index (χ0v) is 11.6. The number of hydrogen-bond acceptors (Lipinski definition) is 2. The molecular formula is C15H16F3N3. The van der Waals surface area contributed by atoms with Crippen LogP contribution in [0.2, 0.25) is 0 Å². The third kappa shape index (κ3) is 2.55. The molecule has 0 amide bonds. The standard InChI is InChI=1S/C15H16F3N3/c1-9-6-10(19)7-21-8-13(20-14(9)21)11-4-2-3-5-12(11)15(16,17)18/h2-5,8-10H,6-7,19H2,1H3. The lowest BCUT2D eigenvalue weighted by Gasteiger charge is -2.25. The van der Waals surface area contributed by atoms with Crippen molar-refractivity contribution in [3.8, 4) is 11.3 Å². The fraction of sp³-hybridized carbons (Fsp3) is 0.400. The van der Waals surface area contributed by atoms with Gasteiger partial charge < -0.3 is 10.3 Å². The summed E-state index contributed by atoms with van der Waals surface area (Å²) in [5.74, 6) is 0.962. The first-order chi connectivity index (χ1) is 9.86. The van der Waals surface area contributed by atoms with Crippen molar-refractivity contribution in [2.24, 2.45) is 5.73 Å². The van der Waals surface area contributed by atoms with Crippen LogP contribution in [0.25, 0.3) is 11.3 Å². The number of benzene rings is 1. The Balaban J connectivity index is 2.09. The number of imidazole rings is 1. The van der Waals surface area contributed by atoms with Crippen molar-refractivity contribution in [1.82, 2.24) is 9.55 Å². The van der Waals surface area contributed by atoms with Crippen LogP contribution in [-0.2, 0) is 12.7 Å². The highest BCUT2D eigenvalue weighted by Gasteiger charge is 2.34. The third-order valence-corrected chi connectivity index (χ3v) is 3.84. The molecule has 1 aromatic heterocycles. The molecule has 2 atom stereocenters. The molecule has 2 heterocycles. The Morgan fingerprint density at radius 1 is 1.29 bits per heavy atom. The lowest BCUT2D eigenvalue weighted by molar-refractivity contribution is -0.137. The van der Waals surface area contributed by atoms with Crippen LogP contribution in [0, 0.1) is 0 Å². The Hall–Kier alpha value is -1.82. The molecule has 2 unspecified atom stereocenters. The number of aromatic nitrogens is 2. The van der Waals surface area contributed by atoms with Gasteiger partial charge in [0.15, 0.2) is 0 Å². The van der Waals surface area contributed by atoms with Gasteiger partial charge in [-0.25, -0.2) is 4.98 Å². The summed E-state index contributed by atoms with van der Waals surface area (Å²) in [6.07, 6.45) is -1.91. The molecule has 1 aliphatic heterocycles. The molecule has 1 aromatic carbocycles. The van der Waals surface area contributed by atoms with E-state index in [0.29, 0.717) is 12.2 Å². The van der Waals surface area contributed by atoms with Gasteiger partial charge >= 0.3 is 6.18 Å². The van der Waals surface area contributed by atoms with Crippen LogP contribution in [0.5, 0.6) is 0 Å². The number of halogens is 3. The van der Waals surface area contributed by atoms with Crippen LogP contribution in [0.1, 0.15) is 30.7 Å². The van der Waals surface area contributed by atoms with Crippen molar-refractivity contribution in [2.45, 2.75) is 38.0 Å². The van der Waals surface area contributed by atoms with Crippen LogP contribution in [-0.4, -0.2) is 15.6 Å². The van der Waals surface area contributed by atoms with Gasteiger partial charge in [0.05, 0.1) is 11.3 Å². The number of alkyl halides is 3. The van der Waals surface area contributed by atoms with E-state index in [1.165, 1.54) is 12.1 Å². The molecule has 2 aromatic rings. The lowest BCUT2D eigenvalue weighted by atomic mass is 9.98. The maximum absolute atomic E-state index is 13.1. The number of nitrogens with zero attached hydrogens (tertiary/aromatic N) is 2. The third-order valence-electron chi connectivity index (χ3n) is 3.84. The highest BCUT2D eigenvalue weighted by Crippen LogP contribution is 2.37. The monoisotopic (exact) mass is 295 g/mol. The Bertz CT molecular complexity index is 660. The number of rotatable bonds is 1. The molecule has 0 fully saturated rings. The van der Waals surface area contributed by atoms with E-state index in [4.69, 9.17) is 5.73 Å². The molecule has 1 aliphatic rings. The van der Waals surface area contributed by atoms with Crippen molar-refractivity contribution in [2.75, 3.05) is 0 Å². The Morgan fingerprint density at radius 3 is 2.71 bits per heavy atom. The highest BCUT2D eigenvalue weighted by molar-refractivity contribution is 5.64. The van der Waals surface area contributed by atoms with E-state index < -0.39 is 11.7 Å². The van der Waals surface area contributed by atoms with Gasteiger partial charge in [0, 0.05) is 30.3 Å². The van der Waals surface area contributed by atoms with Crippen LogP contribution in [0.3, 0.4) is 0 Å². The fourth-order valence-electron chi connectivity index (χ4n) is 2.94. The average Bonchev–Trinajstić information content (AvgIpc) is 2.81. The van der Waals surface area contributed by atoms with E-state index in [1.54, 1.807) is 12.3 Å². The van der Waals surface area contributed by atoms with Crippen molar-refractivity contribution < 1.29 is 13.2 Å². The Kier molecular flexibility index (Phi) is 3.28. The first-order valence-corrected chi connectivity index (χ1v) is 6.85. The minimum atomic E-state index is -4.39. The smallest absolute Gasteiger partial charge is 0.332 e. The summed E-state index contributed by atoms with van der Waals surface area (Å²) in [5, 5.41) is 0. The first-order valence-electron chi connectivity index (χ1n) is 6.85. The molecule has 0 saturated heterocycles. The zero-order valence-electron chi connectivity index (χ0n) is 11.6. The highest BCUT2D eigenvalue weighted by atomic mass is 19.4. The van der Waals surface area contributed by atoms with Gasteiger partial charge in [-0.2, -0.15) is 13.2 Å². The maximum Gasteiger partial charge on any atom is 0.417 e. The number of fused-ring (bicyclic) bond motifs is 1. The molecule has 0 saturated carbocycles. The van der Waals surface area contributed by atoms with Gasteiger partial charge in [0.25, 0.3) is 0 Å². The van der Waals surface area contributed by atoms with Gasteiger partial charge in [-0.15, -0.1) is 0 Å². The van der Waals surface area contributed by atoms with E-state index in [9.17, 15) is 13.2 Å². The maximum atomic E-state index is 13.1. The van der Waals surface area contributed by atoms with Crippen molar-refractivity contribution in [3.63, 3.8) is 0 Å². The van der Waals surface area contributed by atoms with Gasteiger partial charge in [0.2, 0.25) is 0 Å². The summed E-state index contributed by atoms with van der Waals surface area (Å²) < 4.78 is 41.2. The largest absolute Gasteiger partial charge is 0.417 e. The van der Waals surface area contributed by atoms with Gasteiger partial charge in [-0.1, -0.05) is 25.1 Å².